The molecule has 3 aromatic rings. The molecule has 0 spiro atoms. The zero-order chi connectivity index (χ0) is 16.4. The molecule has 0 radical (unpaired) electrons. The molecule has 3 aromatic carbocycles. The molecular weight excluding hydrogens is 395 g/mol. The van der Waals surface area contributed by atoms with Crippen LogP contribution < -0.4 is 0 Å². The molecule has 0 aliphatic rings. The van der Waals surface area contributed by atoms with E-state index in [4.69, 9.17) is 23.2 Å². The molecule has 0 aromatic heterocycles. The van der Waals surface area contributed by atoms with Crippen LogP contribution in [0.25, 0.3) is 0 Å². The van der Waals surface area contributed by atoms with Gasteiger partial charge in [0, 0.05) is 14.5 Å². The molecular formula is C19H13BrCl2O. The quantitative estimate of drug-likeness (QED) is 0.524. The summed E-state index contributed by atoms with van der Waals surface area (Å²) in [6.07, 6.45) is 0. The number of rotatable bonds is 3. The van der Waals surface area contributed by atoms with Gasteiger partial charge in [-0.25, -0.2) is 0 Å². The standard InChI is InChI=1S/C19H13BrCl2O/c20-16-7-1-4-13(10-16)19(23,14-5-2-8-17(21)11-14)15-6-3-9-18(22)12-15/h1-12,23H. The minimum atomic E-state index is -1.35. The van der Waals surface area contributed by atoms with Gasteiger partial charge in [-0.1, -0.05) is 75.5 Å². The van der Waals surface area contributed by atoms with Crippen molar-refractivity contribution < 1.29 is 5.11 Å². The number of benzene rings is 3. The highest BCUT2D eigenvalue weighted by Gasteiger charge is 2.34. The first-order chi connectivity index (χ1) is 11.0. The van der Waals surface area contributed by atoms with E-state index in [0.717, 1.165) is 10.0 Å². The molecule has 23 heavy (non-hydrogen) atoms. The summed E-state index contributed by atoms with van der Waals surface area (Å²) in [5, 5.41) is 12.8. The normalized spacial score (nSPS) is 11.5. The molecule has 3 rings (SSSR count). The van der Waals surface area contributed by atoms with Gasteiger partial charge in [-0.05, 0) is 53.1 Å². The van der Waals surface area contributed by atoms with Crippen LogP contribution in [-0.4, -0.2) is 5.11 Å². The number of aliphatic hydroxyl groups is 1. The Bertz CT molecular complexity index is 737. The van der Waals surface area contributed by atoms with E-state index in [-0.39, 0.29) is 0 Å². The average molecular weight is 408 g/mol. The molecule has 1 nitrogen and oxygen atoms in total. The first-order valence-electron chi connectivity index (χ1n) is 7.00. The summed E-state index contributed by atoms with van der Waals surface area (Å²) in [4.78, 5) is 0. The maximum atomic E-state index is 11.7. The zero-order valence-corrected chi connectivity index (χ0v) is 15.1. The van der Waals surface area contributed by atoms with Gasteiger partial charge < -0.3 is 5.11 Å². The maximum Gasteiger partial charge on any atom is 0.140 e. The van der Waals surface area contributed by atoms with Gasteiger partial charge in [-0.2, -0.15) is 0 Å². The monoisotopic (exact) mass is 406 g/mol. The van der Waals surface area contributed by atoms with Crippen molar-refractivity contribution in [3.63, 3.8) is 0 Å². The van der Waals surface area contributed by atoms with Gasteiger partial charge in [0.25, 0.3) is 0 Å². The summed E-state index contributed by atoms with van der Waals surface area (Å²) in [5.41, 5.74) is 0.756. The van der Waals surface area contributed by atoms with Crippen LogP contribution in [0.1, 0.15) is 16.7 Å². The molecule has 0 aliphatic heterocycles. The van der Waals surface area contributed by atoms with E-state index in [1.807, 2.05) is 48.5 Å². The highest BCUT2D eigenvalue weighted by atomic mass is 79.9. The van der Waals surface area contributed by atoms with E-state index in [2.05, 4.69) is 15.9 Å². The van der Waals surface area contributed by atoms with Crippen LogP contribution in [0.15, 0.2) is 77.3 Å². The van der Waals surface area contributed by atoms with Gasteiger partial charge in [0.15, 0.2) is 0 Å². The maximum absolute atomic E-state index is 11.7. The van der Waals surface area contributed by atoms with E-state index in [1.165, 1.54) is 0 Å². The topological polar surface area (TPSA) is 20.2 Å². The van der Waals surface area contributed by atoms with Crippen LogP contribution in [-0.2, 0) is 5.60 Å². The van der Waals surface area contributed by atoms with Crippen LogP contribution in [0.4, 0.5) is 0 Å². The first kappa shape index (κ1) is 16.5. The Morgan fingerprint density at radius 2 is 1.13 bits per heavy atom. The van der Waals surface area contributed by atoms with Crippen molar-refractivity contribution in [3.8, 4) is 0 Å². The lowest BCUT2D eigenvalue weighted by Crippen LogP contribution is -2.28. The molecule has 0 heterocycles. The molecule has 0 amide bonds. The Morgan fingerprint density at radius 3 is 1.57 bits per heavy atom. The third kappa shape index (κ3) is 3.31. The second kappa shape index (κ2) is 6.66. The molecule has 0 aliphatic carbocycles. The minimum absolute atomic E-state index is 0.568. The zero-order valence-electron chi connectivity index (χ0n) is 12.0. The van der Waals surface area contributed by atoms with Gasteiger partial charge in [-0.3, -0.25) is 0 Å². The van der Waals surface area contributed by atoms with Crippen molar-refractivity contribution in [1.82, 2.24) is 0 Å². The SMILES string of the molecule is OC(c1cccc(Cl)c1)(c1cccc(Cl)c1)c1cccc(Br)c1. The third-order valence-electron chi connectivity index (χ3n) is 3.73. The highest BCUT2D eigenvalue weighted by Crippen LogP contribution is 2.39. The number of hydrogen-bond acceptors (Lipinski definition) is 1. The Balaban J connectivity index is 2.29. The summed E-state index contributed by atoms with van der Waals surface area (Å²) in [5.74, 6) is 0. The smallest absolute Gasteiger partial charge is 0.140 e. The summed E-state index contributed by atoms with van der Waals surface area (Å²) in [6.45, 7) is 0. The van der Waals surface area contributed by atoms with Crippen molar-refractivity contribution >= 4 is 39.1 Å². The van der Waals surface area contributed by atoms with Crippen molar-refractivity contribution in [2.75, 3.05) is 0 Å². The predicted molar refractivity (Wildman–Crippen MR) is 99.1 cm³/mol. The fraction of sp³-hybridized carbons (Fsp3) is 0.0526. The van der Waals surface area contributed by atoms with Gasteiger partial charge in [-0.15, -0.1) is 0 Å². The van der Waals surface area contributed by atoms with Crippen LogP contribution in [0, 0.1) is 0 Å². The molecule has 116 valence electrons. The summed E-state index contributed by atoms with van der Waals surface area (Å²) in [6, 6.07) is 22.0. The molecule has 1 N–H and O–H groups in total. The van der Waals surface area contributed by atoms with Crippen molar-refractivity contribution in [3.05, 3.63) is 104 Å². The van der Waals surface area contributed by atoms with Crippen LogP contribution in [0.2, 0.25) is 10.0 Å². The van der Waals surface area contributed by atoms with E-state index in [0.29, 0.717) is 21.2 Å². The van der Waals surface area contributed by atoms with Crippen LogP contribution in [0.5, 0.6) is 0 Å². The Labute approximate surface area is 153 Å². The second-order valence-corrected chi connectivity index (χ2v) is 7.03. The molecule has 0 fully saturated rings. The van der Waals surface area contributed by atoms with Gasteiger partial charge >= 0.3 is 0 Å². The lowest BCUT2D eigenvalue weighted by molar-refractivity contribution is 0.125. The fourth-order valence-electron chi connectivity index (χ4n) is 2.64. The minimum Gasteiger partial charge on any atom is -0.376 e. The Morgan fingerprint density at radius 1 is 0.696 bits per heavy atom. The molecule has 0 saturated carbocycles. The summed E-state index contributed by atoms with van der Waals surface area (Å²) in [7, 11) is 0. The lowest BCUT2D eigenvalue weighted by Gasteiger charge is -2.30. The van der Waals surface area contributed by atoms with E-state index < -0.39 is 5.60 Å². The molecule has 0 atom stereocenters. The van der Waals surface area contributed by atoms with Gasteiger partial charge in [0.2, 0.25) is 0 Å². The summed E-state index contributed by atoms with van der Waals surface area (Å²) < 4.78 is 0.887. The lowest BCUT2D eigenvalue weighted by atomic mass is 9.80. The third-order valence-corrected chi connectivity index (χ3v) is 4.69. The molecule has 4 heteroatoms. The van der Waals surface area contributed by atoms with Crippen LogP contribution in [0.3, 0.4) is 0 Å². The Kier molecular flexibility index (Phi) is 4.79. The van der Waals surface area contributed by atoms with Crippen molar-refractivity contribution in [2.24, 2.45) is 0 Å². The second-order valence-electron chi connectivity index (χ2n) is 5.24. The van der Waals surface area contributed by atoms with Crippen molar-refractivity contribution in [1.29, 1.82) is 0 Å². The fourth-order valence-corrected chi connectivity index (χ4v) is 3.42. The van der Waals surface area contributed by atoms with E-state index >= 15 is 0 Å². The van der Waals surface area contributed by atoms with E-state index in [1.54, 1.807) is 24.3 Å². The average Bonchev–Trinajstić information content (AvgIpc) is 2.54. The largest absolute Gasteiger partial charge is 0.376 e. The van der Waals surface area contributed by atoms with Crippen LogP contribution >= 0.6 is 39.1 Å². The van der Waals surface area contributed by atoms with E-state index in [9.17, 15) is 5.11 Å². The molecule has 0 saturated heterocycles. The van der Waals surface area contributed by atoms with Gasteiger partial charge in [0.1, 0.15) is 5.60 Å². The van der Waals surface area contributed by atoms with Crippen molar-refractivity contribution in [2.45, 2.75) is 5.60 Å². The number of halogens is 3. The molecule has 0 bridgehead atoms. The van der Waals surface area contributed by atoms with Gasteiger partial charge in [0.05, 0.1) is 0 Å². The highest BCUT2D eigenvalue weighted by molar-refractivity contribution is 9.10. The molecule has 0 unspecified atom stereocenters. The first-order valence-corrected chi connectivity index (χ1v) is 8.55. The Hall–Kier alpha value is -1.32. The predicted octanol–water partition coefficient (Wildman–Crippen LogP) is 6.04. The summed E-state index contributed by atoms with van der Waals surface area (Å²) >= 11 is 15.7. The number of hydrogen-bond donors (Lipinski definition) is 1.